The van der Waals surface area contributed by atoms with Gasteiger partial charge < -0.3 is 11.5 Å². The summed E-state index contributed by atoms with van der Waals surface area (Å²) in [6, 6.07) is -0.723. The second-order valence-corrected chi connectivity index (χ2v) is 4.87. The monoisotopic (exact) mass is 292 g/mol. The zero-order chi connectivity index (χ0) is 15.0. The average molecular weight is 293 g/mol. The number of halogens is 1. The third-order valence-electron chi connectivity index (χ3n) is 2.30. The number of carbonyl (C=O) groups is 3. The molecule has 19 heavy (non-hydrogen) atoms. The maximum Gasteiger partial charge on any atom is 0.255 e. The van der Waals surface area contributed by atoms with Crippen LogP contribution in [0.1, 0.15) is 26.7 Å². The quantitative estimate of drug-likeness (QED) is 0.426. The van der Waals surface area contributed by atoms with Gasteiger partial charge in [-0.15, -0.1) is 11.6 Å². The topological polar surface area (TPSA) is 119 Å². The standard InChI is InChI=1S/C11H21ClN4O3/c1-7(2)5-8(13)11(19)15-16(10(18)6-12)4-3-9(14)17/h7-8H,3-6,13H2,1-2H3,(H2,14,17)(H,15,19)/t8-/m0/s1. The van der Waals surface area contributed by atoms with Crippen LogP contribution < -0.4 is 16.9 Å². The zero-order valence-electron chi connectivity index (χ0n) is 11.2. The van der Waals surface area contributed by atoms with E-state index in [1.807, 2.05) is 13.8 Å². The Hall–Kier alpha value is -1.34. The van der Waals surface area contributed by atoms with Gasteiger partial charge in [-0.25, -0.2) is 0 Å². The van der Waals surface area contributed by atoms with Crippen molar-refractivity contribution in [2.75, 3.05) is 12.4 Å². The smallest absolute Gasteiger partial charge is 0.255 e. The van der Waals surface area contributed by atoms with Crippen molar-refractivity contribution < 1.29 is 14.4 Å². The molecular weight excluding hydrogens is 272 g/mol. The van der Waals surface area contributed by atoms with Crippen LogP contribution in [0.3, 0.4) is 0 Å². The lowest BCUT2D eigenvalue weighted by Crippen LogP contribution is -2.53. The van der Waals surface area contributed by atoms with Crippen molar-refractivity contribution in [1.29, 1.82) is 0 Å². The second-order valence-electron chi connectivity index (χ2n) is 4.61. The van der Waals surface area contributed by atoms with Crippen molar-refractivity contribution in [2.24, 2.45) is 17.4 Å². The summed E-state index contributed by atoms with van der Waals surface area (Å²) in [5.41, 5.74) is 13.0. The number of hydrazine groups is 1. The molecule has 0 saturated heterocycles. The number of hydrogen-bond acceptors (Lipinski definition) is 4. The number of amides is 3. The number of alkyl halides is 1. The summed E-state index contributed by atoms with van der Waals surface area (Å²) in [5.74, 6) is -1.64. The van der Waals surface area contributed by atoms with Crippen LogP contribution in [-0.4, -0.2) is 41.2 Å². The Morgan fingerprint density at radius 3 is 2.32 bits per heavy atom. The SMILES string of the molecule is CC(C)C[C@H](N)C(=O)NN(CCC(N)=O)C(=O)CCl. The molecule has 0 saturated carbocycles. The fourth-order valence-corrected chi connectivity index (χ4v) is 1.51. The third kappa shape index (κ3) is 7.63. The Kier molecular flexibility index (Phi) is 8.09. The van der Waals surface area contributed by atoms with Crippen molar-refractivity contribution in [3.05, 3.63) is 0 Å². The van der Waals surface area contributed by atoms with Gasteiger partial charge in [-0.2, -0.15) is 0 Å². The van der Waals surface area contributed by atoms with Gasteiger partial charge in [0.05, 0.1) is 12.6 Å². The van der Waals surface area contributed by atoms with Crippen LogP contribution >= 0.6 is 11.6 Å². The molecule has 0 aromatic heterocycles. The minimum Gasteiger partial charge on any atom is -0.370 e. The van der Waals surface area contributed by atoms with Gasteiger partial charge in [0.2, 0.25) is 5.91 Å². The van der Waals surface area contributed by atoms with Crippen LogP contribution in [0.15, 0.2) is 0 Å². The Morgan fingerprint density at radius 2 is 1.89 bits per heavy atom. The van der Waals surface area contributed by atoms with Crippen LogP contribution in [0.4, 0.5) is 0 Å². The number of rotatable bonds is 7. The lowest BCUT2D eigenvalue weighted by atomic mass is 10.0. The van der Waals surface area contributed by atoms with Crippen molar-refractivity contribution in [3.8, 4) is 0 Å². The molecule has 0 spiro atoms. The van der Waals surface area contributed by atoms with Gasteiger partial charge in [0, 0.05) is 6.42 Å². The Balaban J connectivity index is 4.49. The molecule has 3 amide bonds. The number of nitrogens with two attached hydrogens (primary N) is 2. The molecule has 0 radical (unpaired) electrons. The lowest BCUT2D eigenvalue weighted by Gasteiger charge is -2.24. The Labute approximate surface area is 117 Å². The first kappa shape index (κ1) is 17.7. The first-order chi connectivity index (χ1) is 8.77. The molecule has 7 nitrogen and oxygen atoms in total. The van der Waals surface area contributed by atoms with E-state index in [1.54, 1.807) is 0 Å². The summed E-state index contributed by atoms with van der Waals surface area (Å²) in [6.45, 7) is 3.84. The lowest BCUT2D eigenvalue weighted by molar-refractivity contribution is -0.140. The van der Waals surface area contributed by atoms with Crippen LogP contribution in [0.25, 0.3) is 0 Å². The zero-order valence-corrected chi connectivity index (χ0v) is 11.9. The van der Waals surface area contributed by atoms with Gasteiger partial charge in [-0.05, 0) is 12.3 Å². The van der Waals surface area contributed by atoms with E-state index in [0.29, 0.717) is 6.42 Å². The molecule has 0 aliphatic heterocycles. The van der Waals surface area contributed by atoms with Crippen molar-refractivity contribution in [2.45, 2.75) is 32.7 Å². The summed E-state index contributed by atoms with van der Waals surface area (Å²) < 4.78 is 0. The highest BCUT2D eigenvalue weighted by molar-refractivity contribution is 6.27. The van der Waals surface area contributed by atoms with Gasteiger partial charge in [0.25, 0.3) is 11.8 Å². The molecule has 0 aromatic carbocycles. The average Bonchev–Trinajstić information content (AvgIpc) is 2.31. The summed E-state index contributed by atoms with van der Waals surface area (Å²) in [7, 11) is 0. The number of hydrogen-bond donors (Lipinski definition) is 3. The van der Waals surface area contributed by atoms with E-state index in [1.165, 1.54) is 0 Å². The summed E-state index contributed by atoms with van der Waals surface area (Å²) in [4.78, 5) is 33.9. The minimum absolute atomic E-state index is 0.0268. The van der Waals surface area contributed by atoms with Crippen molar-refractivity contribution in [1.82, 2.24) is 10.4 Å². The molecule has 0 rings (SSSR count). The van der Waals surface area contributed by atoms with E-state index in [4.69, 9.17) is 23.1 Å². The molecule has 110 valence electrons. The molecular formula is C11H21ClN4O3. The predicted molar refractivity (Wildman–Crippen MR) is 71.8 cm³/mol. The van der Waals surface area contributed by atoms with Crippen LogP contribution in [-0.2, 0) is 14.4 Å². The maximum absolute atomic E-state index is 11.8. The van der Waals surface area contributed by atoms with E-state index in [-0.39, 0.29) is 24.8 Å². The molecule has 0 heterocycles. The Bertz CT molecular complexity index is 336. The Morgan fingerprint density at radius 1 is 1.32 bits per heavy atom. The molecule has 1 atom stereocenters. The van der Waals surface area contributed by atoms with Crippen molar-refractivity contribution in [3.63, 3.8) is 0 Å². The first-order valence-corrected chi connectivity index (χ1v) is 6.52. The number of nitrogens with zero attached hydrogens (tertiary/aromatic N) is 1. The fourth-order valence-electron chi connectivity index (χ4n) is 1.37. The van der Waals surface area contributed by atoms with E-state index in [0.717, 1.165) is 5.01 Å². The molecule has 0 aromatic rings. The number of carbonyl (C=O) groups excluding carboxylic acids is 3. The van der Waals surface area contributed by atoms with Gasteiger partial charge in [0.15, 0.2) is 0 Å². The van der Waals surface area contributed by atoms with E-state index < -0.39 is 23.8 Å². The second kappa shape index (κ2) is 8.71. The van der Waals surface area contributed by atoms with Crippen LogP contribution in [0, 0.1) is 5.92 Å². The van der Waals surface area contributed by atoms with Crippen LogP contribution in [0.2, 0.25) is 0 Å². The van der Waals surface area contributed by atoms with Crippen LogP contribution in [0.5, 0.6) is 0 Å². The maximum atomic E-state index is 11.8. The van der Waals surface area contributed by atoms with Gasteiger partial charge >= 0.3 is 0 Å². The summed E-state index contributed by atoms with van der Waals surface area (Å²) in [5, 5.41) is 0.972. The molecule has 8 heteroatoms. The summed E-state index contributed by atoms with van der Waals surface area (Å²) in [6.07, 6.45) is 0.423. The molecule has 5 N–H and O–H groups in total. The van der Waals surface area contributed by atoms with E-state index in [2.05, 4.69) is 5.43 Å². The van der Waals surface area contributed by atoms with Gasteiger partial charge in [0.1, 0.15) is 5.88 Å². The van der Waals surface area contributed by atoms with Gasteiger partial charge in [-0.1, -0.05) is 13.8 Å². The predicted octanol–water partition coefficient (Wildman–Crippen LogP) is -0.666. The molecule has 0 aliphatic rings. The highest BCUT2D eigenvalue weighted by atomic mass is 35.5. The highest BCUT2D eigenvalue weighted by Crippen LogP contribution is 2.03. The third-order valence-corrected chi connectivity index (χ3v) is 2.53. The summed E-state index contributed by atoms with van der Waals surface area (Å²) >= 11 is 5.42. The molecule has 0 bridgehead atoms. The minimum atomic E-state index is -0.723. The van der Waals surface area contributed by atoms with Crippen molar-refractivity contribution >= 4 is 29.3 Å². The van der Waals surface area contributed by atoms with E-state index >= 15 is 0 Å². The molecule has 0 aliphatic carbocycles. The van der Waals surface area contributed by atoms with Gasteiger partial charge in [-0.3, -0.25) is 24.8 Å². The first-order valence-electron chi connectivity index (χ1n) is 5.98. The molecule has 0 fully saturated rings. The number of nitrogens with one attached hydrogen (secondary N) is 1. The number of primary amides is 1. The normalized spacial score (nSPS) is 12.1. The fraction of sp³-hybridized carbons (Fsp3) is 0.727. The highest BCUT2D eigenvalue weighted by Gasteiger charge is 2.20. The van der Waals surface area contributed by atoms with E-state index in [9.17, 15) is 14.4 Å². The molecule has 0 unspecified atom stereocenters. The largest absolute Gasteiger partial charge is 0.370 e.